The van der Waals surface area contributed by atoms with Crippen LogP contribution in [0.15, 0.2) is 0 Å². The van der Waals surface area contributed by atoms with E-state index < -0.39 is 0 Å². The first-order valence-corrected chi connectivity index (χ1v) is 6.55. The van der Waals surface area contributed by atoms with Crippen molar-refractivity contribution in [3.05, 3.63) is 0 Å². The van der Waals surface area contributed by atoms with E-state index in [1.807, 2.05) is 0 Å². The van der Waals surface area contributed by atoms with Gasteiger partial charge in [0.15, 0.2) is 0 Å². The Kier molecular flexibility index (Phi) is 2.03. The number of carbonyl (C=O) groups is 1. The van der Waals surface area contributed by atoms with Crippen molar-refractivity contribution < 1.29 is 4.79 Å². The summed E-state index contributed by atoms with van der Waals surface area (Å²) in [7, 11) is 0. The molecule has 0 aromatic heterocycles. The van der Waals surface area contributed by atoms with Crippen LogP contribution in [0.4, 0.5) is 0 Å². The topological polar surface area (TPSA) is 17.1 Å². The van der Waals surface area contributed by atoms with E-state index in [0.29, 0.717) is 17.3 Å². The van der Waals surface area contributed by atoms with Gasteiger partial charge < -0.3 is 0 Å². The first-order valence-electron chi connectivity index (χ1n) is 6.17. The molecular formula is C13H19ClO. The highest BCUT2D eigenvalue weighted by Crippen LogP contribution is 2.66. The predicted octanol–water partition coefficient (Wildman–Crippen LogP) is 3.75. The third-order valence-electron chi connectivity index (χ3n) is 4.99. The normalized spacial score (nSPS) is 52.1. The Bertz CT molecular complexity index is 296. The lowest BCUT2D eigenvalue weighted by Crippen LogP contribution is -2.51. The summed E-state index contributed by atoms with van der Waals surface area (Å²) >= 11 is 5.62. The van der Waals surface area contributed by atoms with Gasteiger partial charge in [-0.1, -0.05) is 6.92 Å². The van der Waals surface area contributed by atoms with Crippen molar-refractivity contribution in [1.29, 1.82) is 0 Å². The van der Waals surface area contributed by atoms with Crippen LogP contribution in [0.2, 0.25) is 0 Å². The van der Waals surface area contributed by atoms with E-state index in [2.05, 4.69) is 6.92 Å². The zero-order valence-corrected chi connectivity index (χ0v) is 10.1. The molecule has 4 bridgehead atoms. The summed E-state index contributed by atoms with van der Waals surface area (Å²) in [5.74, 6) is 1.79. The van der Waals surface area contributed by atoms with Gasteiger partial charge in [-0.2, -0.15) is 0 Å². The molecule has 2 atom stereocenters. The van der Waals surface area contributed by atoms with Crippen molar-refractivity contribution in [2.45, 2.75) is 51.9 Å². The average Bonchev–Trinajstić information content (AvgIpc) is 1.94. The van der Waals surface area contributed by atoms with Gasteiger partial charge in [0.1, 0.15) is 0 Å². The van der Waals surface area contributed by atoms with E-state index in [4.69, 9.17) is 11.6 Å². The van der Waals surface area contributed by atoms with E-state index >= 15 is 0 Å². The molecule has 0 radical (unpaired) electrons. The fourth-order valence-electron chi connectivity index (χ4n) is 5.43. The molecule has 4 aliphatic rings. The van der Waals surface area contributed by atoms with Gasteiger partial charge in [-0.05, 0) is 72.8 Å². The molecular weight excluding hydrogens is 208 g/mol. The summed E-state index contributed by atoms with van der Waals surface area (Å²) in [5, 5.41) is -0.111. The van der Waals surface area contributed by atoms with Crippen LogP contribution in [-0.2, 0) is 4.79 Å². The smallest absolute Gasteiger partial charge is 0.222 e. The van der Waals surface area contributed by atoms with Crippen molar-refractivity contribution in [1.82, 2.24) is 0 Å². The van der Waals surface area contributed by atoms with E-state index in [1.54, 1.807) is 0 Å². The second kappa shape index (κ2) is 3.00. The highest BCUT2D eigenvalue weighted by molar-refractivity contribution is 6.63. The van der Waals surface area contributed by atoms with Crippen LogP contribution >= 0.6 is 11.6 Å². The summed E-state index contributed by atoms with van der Waals surface area (Å²) in [6.07, 6.45) is 8.68. The lowest BCUT2D eigenvalue weighted by atomic mass is 9.44. The Hall–Kier alpha value is -0.0400. The summed E-state index contributed by atoms with van der Waals surface area (Å²) in [6, 6.07) is 0. The van der Waals surface area contributed by atoms with Crippen LogP contribution in [0, 0.1) is 22.7 Å². The second-order valence-corrected chi connectivity index (χ2v) is 7.23. The predicted molar refractivity (Wildman–Crippen MR) is 60.7 cm³/mol. The molecule has 0 N–H and O–H groups in total. The lowest BCUT2D eigenvalue weighted by Gasteiger charge is -2.61. The lowest BCUT2D eigenvalue weighted by molar-refractivity contribution is -0.128. The van der Waals surface area contributed by atoms with E-state index in [-0.39, 0.29) is 5.24 Å². The minimum Gasteiger partial charge on any atom is -0.281 e. The quantitative estimate of drug-likeness (QED) is 0.656. The largest absolute Gasteiger partial charge is 0.281 e. The Labute approximate surface area is 96.6 Å². The van der Waals surface area contributed by atoms with Crippen molar-refractivity contribution in [3.8, 4) is 0 Å². The Morgan fingerprint density at radius 3 is 2.33 bits per heavy atom. The Balaban J connectivity index is 1.89. The van der Waals surface area contributed by atoms with Gasteiger partial charge in [0, 0.05) is 6.42 Å². The molecule has 4 rings (SSSR count). The molecule has 0 spiro atoms. The molecule has 0 aromatic carbocycles. The zero-order valence-electron chi connectivity index (χ0n) is 9.39. The van der Waals surface area contributed by atoms with Crippen molar-refractivity contribution in [2.75, 3.05) is 0 Å². The van der Waals surface area contributed by atoms with Crippen LogP contribution in [0.1, 0.15) is 51.9 Å². The van der Waals surface area contributed by atoms with E-state index in [9.17, 15) is 4.79 Å². The first kappa shape index (κ1) is 10.1. The number of rotatable bonds is 2. The van der Waals surface area contributed by atoms with Crippen LogP contribution in [0.25, 0.3) is 0 Å². The summed E-state index contributed by atoms with van der Waals surface area (Å²) in [4.78, 5) is 11.2. The van der Waals surface area contributed by atoms with Crippen LogP contribution < -0.4 is 0 Å². The van der Waals surface area contributed by atoms with E-state index in [1.165, 1.54) is 38.5 Å². The van der Waals surface area contributed by atoms with Gasteiger partial charge in [-0.15, -0.1) is 0 Å². The maximum atomic E-state index is 11.2. The molecule has 4 saturated carbocycles. The standard InChI is InChI=1S/C13H19ClO/c1-12-3-9-2-10(4-12)6-13(5-9,8-12)7-11(14)15/h9-10H,2-8H2,1H3. The molecule has 0 amide bonds. The molecule has 0 aromatic rings. The Morgan fingerprint density at radius 2 is 1.87 bits per heavy atom. The van der Waals surface area contributed by atoms with Crippen molar-refractivity contribution in [3.63, 3.8) is 0 Å². The maximum absolute atomic E-state index is 11.2. The monoisotopic (exact) mass is 226 g/mol. The Morgan fingerprint density at radius 1 is 1.27 bits per heavy atom. The van der Waals surface area contributed by atoms with Gasteiger partial charge in [-0.25, -0.2) is 0 Å². The molecule has 4 aliphatic carbocycles. The molecule has 2 heteroatoms. The molecule has 0 saturated heterocycles. The SMILES string of the molecule is CC12CC3CC(C1)CC(CC(=O)Cl)(C3)C2. The molecule has 84 valence electrons. The maximum Gasteiger partial charge on any atom is 0.222 e. The fraction of sp³-hybridized carbons (Fsp3) is 0.923. The molecule has 4 fully saturated rings. The third kappa shape index (κ3) is 1.63. The minimum absolute atomic E-state index is 0.111. The van der Waals surface area contributed by atoms with Crippen LogP contribution in [0.5, 0.6) is 0 Å². The second-order valence-electron chi connectivity index (χ2n) is 6.80. The van der Waals surface area contributed by atoms with Gasteiger partial charge in [0.05, 0.1) is 0 Å². The van der Waals surface area contributed by atoms with Gasteiger partial charge >= 0.3 is 0 Å². The van der Waals surface area contributed by atoms with Crippen LogP contribution in [0.3, 0.4) is 0 Å². The minimum atomic E-state index is -0.111. The number of hydrogen-bond donors (Lipinski definition) is 0. The highest BCUT2D eigenvalue weighted by atomic mass is 35.5. The molecule has 1 nitrogen and oxygen atoms in total. The number of hydrogen-bond acceptors (Lipinski definition) is 1. The zero-order chi connectivity index (χ0) is 10.7. The molecule has 0 aliphatic heterocycles. The number of carbonyl (C=O) groups excluding carboxylic acids is 1. The summed E-state index contributed by atoms with van der Waals surface area (Å²) < 4.78 is 0. The summed E-state index contributed by atoms with van der Waals surface area (Å²) in [6.45, 7) is 2.43. The average molecular weight is 227 g/mol. The molecule has 2 unspecified atom stereocenters. The highest BCUT2D eigenvalue weighted by Gasteiger charge is 2.55. The molecule has 0 heterocycles. The van der Waals surface area contributed by atoms with E-state index in [0.717, 1.165) is 11.8 Å². The fourth-order valence-corrected chi connectivity index (χ4v) is 5.71. The molecule has 15 heavy (non-hydrogen) atoms. The van der Waals surface area contributed by atoms with Crippen LogP contribution in [-0.4, -0.2) is 5.24 Å². The third-order valence-corrected chi connectivity index (χ3v) is 5.12. The van der Waals surface area contributed by atoms with Gasteiger partial charge in [-0.3, -0.25) is 4.79 Å². The summed E-state index contributed by atoms with van der Waals surface area (Å²) in [5.41, 5.74) is 0.841. The van der Waals surface area contributed by atoms with Crippen molar-refractivity contribution >= 4 is 16.8 Å². The van der Waals surface area contributed by atoms with Crippen molar-refractivity contribution in [2.24, 2.45) is 22.7 Å². The van der Waals surface area contributed by atoms with Gasteiger partial charge in [0.25, 0.3) is 0 Å². The van der Waals surface area contributed by atoms with Gasteiger partial charge in [0.2, 0.25) is 5.24 Å². The number of halogens is 1. The first-order chi connectivity index (χ1) is 6.99.